The Morgan fingerprint density at radius 1 is 1.12 bits per heavy atom. The number of aromatic nitrogens is 5. The summed E-state index contributed by atoms with van der Waals surface area (Å²) in [7, 11) is 0. The van der Waals surface area contributed by atoms with E-state index in [-0.39, 0.29) is 17.2 Å². The van der Waals surface area contributed by atoms with Crippen molar-refractivity contribution in [2.45, 2.75) is 24.7 Å². The van der Waals surface area contributed by atoms with Crippen LogP contribution in [0.15, 0.2) is 55.2 Å². The van der Waals surface area contributed by atoms with E-state index in [2.05, 4.69) is 37.6 Å². The number of pyridine rings is 2. The Morgan fingerprint density at radius 3 is 2.62 bits per heavy atom. The van der Waals surface area contributed by atoms with Gasteiger partial charge in [-0.3, -0.25) is 9.78 Å². The molecule has 1 N–H and O–H groups in total. The van der Waals surface area contributed by atoms with Gasteiger partial charge in [-0.15, -0.1) is 4.80 Å². The lowest BCUT2D eigenvalue weighted by Gasteiger charge is -2.46. The Balaban J connectivity index is 1.34. The van der Waals surface area contributed by atoms with Crippen LogP contribution >= 0.6 is 0 Å². The minimum atomic E-state index is -0.0238. The van der Waals surface area contributed by atoms with E-state index in [9.17, 15) is 4.79 Å². The Morgan fingerprint density at radius 2 is 1.92 bits per heavy atom. The highest BCUT2D eigenvalue weighted by atomic mass is 16.2. The van der Waals surface area contributed by atoms with E-state index in [1.165, 1.54) is 10.4 Å². The van der Waals surface area contributed by atoms with Crippen LogP contribution in [-0.4, -0.2) is 30.9 Å². The fraction of sp³-hybridized carbons (Fsp3) is 0.316. The van der Waals surface area contributed by atoms with Gasteiger partial charge in [0.05, 0.1) is 30.2 Å². The minimum absolute atomic E-state index is 0.0238. The third kappa shape index (κ3) is 2.23. The van der Waals surface area contributed by atoms with E-state index in [1.807, 2.05) is 18.5 Å². The predicted octanol–water partition coefficient (Wildman–Crippen LogP) is 2.36. The van der Waals surface area contributed by atoms with Crippen LogP contribution in [0.1, 0.15) is 24.8 Å². The van der Waals surface area contributed by atoms with Crippen molar-refractivity contribution >= 4 is 11.6 Å². The number of carbonyl (C=O) groups excluding carboxylic acids is 1. The van der Waals surface area contributed by atoms with Crippen molar-refractivity contribution in [1.29, 1.82) is 0 Å². The zero-order valence-electron chi connectivity index (χ0n) is 14.1. The zero-order chi connectivity index (χ0) is 17.6. The van der Waals surface area contributed by atoms with Crippen molar-refractivity contribution in [3.05, 3.63) is 60.8 Å². The maximum absolute atomic E-state index is 13.0. The summed E-state index contributed by atoms with van der Waals surface area (Å²) < 4.78 is 0. The first-order valence-electron chi connectivity index (χ1n) is 8.80. The minimum Gasteiger partial charge on any atom is -0.324 e. The van der Waals surface area contributed by atoms with Crippen LogP contribution in [0.3, 0.4) is 0 Å². The average molecular weight is 346 g/mol. The van der Waals surface area contributed by atoms with Gasteiger partial charge in [0, 0.05) is 17.8 Å². The molecular formula is C19H18N6O. The summed E-state index contributed by atoms with van der Waals surface area (Å²) in [6.45, 7) is 0. The molecule has 0 aromatic carbocycles. The molecule has 0 radical (unpaired) electrons. The molecule has 26 heavy (non-hydrogen) atoms. The van der Waals surface area contributed by atoms with Crippen LogP contribution in [0.5, 0.6) is 0 Å². The first-order valence-corrected chi connectivity index (χ1v) is 8.80. The molecule has 3 aliphatic rings. The van der Waals surface area contributed by atoms with Gasteiger partial charge in [-0.1, -0.05) is 0 Å². The van der Waals surface area contributed by atoms with Crippen molar-refractivity contribution in [2.75, 3.05) is 5.32 Å². The highest BCUT2D eigenvalue weighted by Gasteiger charge is 2.62. The third-order valence-corrected chi connectivity index (χ3v) is 5.83. The highest BCUT2D eigenvalue weighted by molar-refractivity contribution is 5.95. The predicted molar refractivity (Wildman–Crippen MR) is 94.5 cm³/mol. The molecule has 3 atom stereocenters. The molecule has 3 unspecified atom stereocenters. The summed E-state index contributed by atoms with van der Waals surface area (Å²) in [6, 6.07) is 7.73. The molecule has 3 saturated carbocycles. The van der Waals surface area contributed by atoms with E-state index >= 15 is 0 Å². The second kappa shape index (κ2) is 5.72. The Bertz CT molecular complexity index is 920. The number of nitrogens with one attached hydrogen (secondary N) is 1. The summed E-state index contributed by atoms with van der Waals surface area (Å²) in [4.78, 5) is 22.8. The summed E-state index contributed by atoms with van der Waals surface area (Å²) in [5.41, 5.74) is 1.91. The first-order chi connectivity index (χ1) is 12.8. The summed E-state index contributed by atoms with van der Waals surface area (Å²) in [5, 5.41) is 11.1. The molecule has 6 rings (SSSR count). The number of hydrogen-bond acceptors (Lipinski definition) is 5. The van der Waals surface area contributed by atoms with Gasteiger partial charge in [0.2, 0.25) is 5.91 Å². The van der Waals surface area contributed by atoms with Crippen LogP contribution in [0.4, 0.5) is 5.69 Å². The molecular weight excluding hydrogens is 328 g/mol. The van der Waals surface area contributed by atoms with Crippen molar-refractivity contribution in [3.63, 3.8) is 0 Å². The van der Waals surface area contributed by atoms with Gasteiger partial charge in [0.25, 0.3) is 0 Å². The Kier molecular flexibility index (Phi) is 3.34. The molecule has 3 aromatic heterocycles. The Hall–Kier alpha value is -3.09. The van der Waals surface area contributed by atoms with Crippen molar-refractivity contribution in [3.8, 4) is 5.82 Å². The van der Waals surface area contributed by atoms with E-state index in [0.717, 1.165) is 19.3 Å². The second-order valence-electron chi connectivity index (χ2n) is 7.09. The zero-order valence-corrected chi connectivity index (χ0v) is 14.1. The largest absolute Gasteiger partial charge is 0.324 e. The maximum atomic E-state index is 13.0. The van der Waals surface area contributed by atoms with Gasteiger partial charge in [0.1, 0.15) is 0 Å². The molecule has 2 bridgehead atoms. The number of rotatable bonds is 4. The van der Waals surface area contributed by atoms with Crippen LogP contribution in [0, 0.1) is 11.8 Å². The number of hydrogen-bond donors (Lipinski definition) is 1. The Labute approximate surface area is 150 Å². The number of anilines is 1. The second-order valence-corrected chi connectivity index (χ2v) is 7.09. The lowest BCUT2D eigenvalue weighted by molar-refractivity contribution is -0.127. The van der Waals surface area contributed by atoms with E-state index in [4.69, 9.17) is 0 Å². The van der Waals surface area contributed by atoms with Crippen LogP contribution < -0.4 is 5.32 Å². The quantitative estimate of drug-likeness (QED) is 0.784. The molecule has 0 spiro atoms. The van der Waals surface area contributed by atoms with Gasteiger partial charge in [-0.05, 0) is 55.0 Å². The molecule has 0 aliphatic heterocycles. The number of nitrogens with zero attached hydrogens (tertiary/aromatic N) is 5. The summed E-state index contributed by atoms with van der Waals surface area (Å²) in [6.07, 6.45) is 11.8. The average Bonchev–Trinajstić information content (AvgIpc) is 3.40. The fourth-order valence-electron chi connectivity index (χ4n) is 4.70. The molecule has 3 aromatic rings. The first kappa shape index (κ1) is 15.2. The van der Waals surface area contributed by atoms with E-state index in [0.29, 0.717) is 17.4 Å². The topological polar surface area (TPSA) is 85.6 Å². The van der Waals surface area contributed by atoms with E-state index < -0.39 is 0 Å². The van der Waals surface area contributed by atoms with Gasteiger partial charge < -0.3 is 5.32 Å². The molecule has 7 nitrogen and oxygen atoms in total. The molecule has 3 aliphatic carbocycles. The monoisotopic (exact) mass is 346 g/mol. The van der Waals surface area contributed by atoms with Crippen molar-refractivity contribution in [2.24, 2.45) is 11.8 Å². The molecule has 1 amide bonds. The molecule has 3 fully saturated rings. The molecule has 3 heterocycles. The van der Waals surface area contributed by atoms with E-state index in [1.54, 1.807) is 24.7 Å². The van der Waals surface area contributed by atoms with Gasteiger partial charge in [0.15, 0.2) is 5.82 Å². The van der Waals surface area contributed by atoms with Gasteiger partial charge in [-0.2, -0.15) is 10.2 Å². The fourth-order valence-corrected chi connectivity index (χ4v) is 4.70. The third-order valence-electron chi connectivity index (χ3n) is 5.83. The standard InChI is InChI=1S/C19H18N6O/c26-18(24-15-1-2-16(21-12-15)25-22-9-10-23-25)17-13-3-6-19(17,11-13)14-4-7-20-8-5-14/h1-2,4-5,7-10,12-13,17H,3,6,11H2,(H,24,26). The van der Waals surface area contributed by atoms with Crippen LogP contribution in [0.2, 0.25) is 0 Å². The maximum Gasteiger partial charge on any atom is 0.228 e. The van der Waals surface area contributed by atoms with Crippen LogP contribution in [0.25, 0.3) is 5.82 Å². The van der Waals surface area contributed by atoms with Gasteiger partial charge >= 0.3 is 0 Å². The molecule has 7 heteroatoms. The summed E-state index contributed by atoms with van der Waals surface area (Å²) in [5.74, 6) is 1.20. The lowest BCUT2D eigenvalue weighted by atomic mass is 9.57. The molecule has 130 valence electrons. The number of amides is 1. The SMILES string of the molecule is O=C(Nc1ccc(-n2nccn2)nc1)C1C2CCC1(c1ccncc1)C2. The number of carbonyl (C=O) groups is 1. The lowest BCUT2D eigenvalue weighted by Crippen LogP contribution is -2.50. The smallest absolute Gasteiger partial charge is 0.228 e. The van der Waals surface area contributed by atoms with Gasteiger partial charge in [-0.25, -0.2) is 4.98 Å². The van der Waals surface area contributed by atoms with Crippen LogP contribution in [-0.2, 0) is 10.2 Å². The van der Waals surface area contributed by atoms with Crippen molar-refractivity contribution in [1.82, 2.24) is 25.0 Å². The molecule has 0 saturated heterocycles. The highest BCUT2D eigenvalue weighted by Crippen LogP contribution is 2.64. The van der Waals surface area contributed by atoms with Crippen molar-refractivity contribution < 1.29 is 4.79 Å². The summed E-state index contributed by atoms with van der Waals surface area (Å²) >= 11 is 0. The number of fused-ring (bicyclic) bond motifs is 1. The normalized spacial score (nSPS) is 26.3.